The van der Waals surface area contributed by atoms with E-state index in [0.717, 1.165) is 45.7 Å². The Balaban J connectivity index is 1.59. The molecule has 0 aliphatic carbocycles. The Bertz CT molecular complexity index is 521. The monoisotopic (exact) mass is 319 g/mol. The van der Waals surface area contributed by atoms with Gasteiger partial charge in [-0.05, 0) is 33.2 Å². The summed E-state index contributed by atoms with van der Waals surface area (Å²) in [7, 11) is 0. The zero-order chi connectivity index (χ0) is 16.2. The molecule has 3 rings (SSSR count). The Hall–Kier alpha value is -1.40. The summed E-state index contributed by atoms with van der Waals surface area (Å²) in [6.07, 6.45) is 6.29. The minimum absolute atomic E-state index is 0.277. The van der Waals surface area contributed by atoms with Gasteiger partial charge < -0.3 is 14.8 Å². The highest BCUT2D eigenvalue weighted by Crippen LogP contribution is 2.27. The summed E-state index contributed by atoms with van der Waals surface area (Å²) in [5, 5.41) is 3.30. The molecule has 3 heterocycles. The van der Waals surface area contributed by atoms with Gasteiger partial charge in [-0.3, -0.25) is 9.69 Å². The van der Waals surface area contributed by atoms with Crippen LogP contribution in [-0.4, -0.2) is 71.1 Å². The Morgan fingerprint density at radius 1 is 1.35 bits per heavy atom. The molecule has 0 spiro atoms. The van der Waals surface area contributed by atoms with Gasteiger partial charge in [0, 0.05) is 57.1 Å². The molecule has 0 bridgehead atoms. The first-order chi connectivity index (χ1) is 11.1. The molecule has 1 atom stereocenters. The molecule has 0 radical (unpaired) electrons. The van der Waals surface area contributed by atoms with Gasteiger partial charge in [-0.1, -0.05) is 0 Å². The van der Waals surface area contributed by atoms with Gasteiger partial charge >= 0.3 is 0 Å². The number of piperazine rings is 1. The first kappa shape index (κ1) is 16.5. The normalized spacial score (nSPS) is 23.4. The molecule has 0 aromatic carbocycles. The smallest absolute Gasteiger partial charge is 0.236 e. The van der Waals surface area contributed by atoms with E-state index in [1.807, 2.05) is 11.1 Å². The number of aromatic nitrogens is 2. The summed E-state index contributed by atoms with van der Waals surface area (Å²) >= 11 is 0. The number of imidazole rings is 1. The maximum atomic E-state index is 12.5. The lowest BCUT2D eigenvalue weighted by atomic mass is 9.97. The summed E-state index contributed by atoms with van der Waals surface area (Å²) < 4.78 is 2.27. The molecule has 128 valence electrons. The largest absolute Gasteiger partial charge is 0.339 e. The van der Waals surface area contributed by atoms with Crippen molar-refractivity contribution in [3.8, 4) is 0 Å². The van der Waals surface area contributed by atoms with Gasteiger partial charge in [0.2, 0.25) is 5.91 Å². The lowest BCUT2D eigenvalue weighted by Gasteiger charge is -2.35. The molecular weight excluding hydrogens is 290 g/mol. The van der Waals surface area contributed by atoms with E-state index in [1.54, 1.807) is 0 Å². The maximum absolute atomic E-state index is 12.5. The molecule has 1 aromatic heterocycles. The molecule has 6 heteroatoms. The second kappa shape index (κ2) is 7.45. The van der Waals surface area contributed by atoms with E-state index in [2.05, 4.69) is 39.8 Å². The molecule has 23 heavy (non-hydrogen) atoms. The molecule has 1 amide bonds. The Morgan fingerprint density at radius 2 is 2.13 bits per heavy atom. The van der Waals surface area contributed by atoms with Crippen LogP contribution in [0.3, 0.4) is 0 Å². The number of rotatable bonds is 4. The zero-order valence-electron chi connectivity index (χ0n) is 14.4. The molecular formula is C17H29N5O. The standard InChI is InChI=1S/C17H29N5O/c1-14(2)22-11-7-19-17(22)15-4-3-8-20(12-15)13-16(23)21-9-5-18-6-10-21/h7,11,14-15,18H,3-6,8-10,12-13H2,1-2H3/t15-/m1/s1. The minimum Gasteiger partial charge on any atom is -0.339 e. The van der Waals surface area contributed by atoms with Crippen molar-refractivity contribution < 1.29 is 4.79 Å². The van der Waals surface area contributed by atoms with Gasteiger partial charge in [-0.2, -0.15) is 0 Å². The van der Waals surface area contributed by atoms with Crippen LogP contribution in [0.25, 0.3) is 0 Å². The van der Waals surface area contributed by atoms with Crippen molar-refractivity contribution in [1.29, 1.82) is 0 Å². The van der Waals surface area contributed by atoms with Crippen LogP contribution in [0, 0.1) is 0 Å². The highest BCUT2D eigenvalue weighted by atomic mass is 16.2. The summed E-state index contributed by atoms with van der Waals surface area (Å²) in [5.41, 5.74) is 0. The number of hydrogen-bond acceptors (Lipinski definition) is 4. The Labute approximate surface area is 138 Å². The second-order valence-corrected chi connectivity index (χ2v) is 6.99. The van der Waals surface area contributed by atoms with Crippen LogP contribution in [0.4, 0.5) is 0 Å². The van der Waals surface area contributed by atoms with Crippen molar-refractivity contribution in [3.63, 3.8) is 0 Å². The number of carbonyl (C=O) groups is 1. The summed E-state index contributed by atoms with van der Waals surface area (Å²) in [5.74, 6) is 1.90. The SMILES string of the molecule is CC(C)n1ccnc1[C@@H]1CCCN(CC(=O)N2CCNCC2)C1. The summed E-state index contributed by atoms with van der Waals surface area (Å²) in [4.78, 5) is 21.4. The van der Waals surface area contributed by atoms with Crippen molar-refractivity contribution in [2.75, 3.05) is 45.8 Å². The van der Waals surface area contributed by atoms with Crippen molar-refractivity contribution in [3.05, 3.63) is 18.2 Å². The predicted molar refractivity (Wildman–Crippen MR) is 90.5 cm³/mol. The Kier molecular flexibility index (Phi) is 5.33. The molecule has 0 saturated carbocycles. The molecule has 2 fully saturated rings. The van der Waals surface area contributed by atoms with Gasteiger partial charge in [-0.25, -0.2) is 4.98 Å². The zero-order valence-corrected chi connectivity index (χ0v) is 14.4. The molecule has 1 N–H and O–H groups in total. The third-order valence-corrected chi connectivity index (χ3v) is 4.95. The van der Waals surface area contributed by atoms with E-state index in [-0.39, 0.29) is 5.91 Å². The van der Waals surface area contributed by atoms with Crippen LogP contribution in [0.15, 0.2) is 12.4 Å². The minimum atomic E-state index is 0.277. The van der Waals surface area contributed by atoms with E-state index in [4.69, 9.17) is 0 Å². The lowest BCUT2D eigenvalue weighted by Crippen LogP contribution is -2.50. The topological polar surface area (TPSA) is 53.4 Å². The number of nitrogens with zero attached hydrogens (tertiary/aromatic N) is 4. The molecule has 1 aromatic rings. The second-order valence-electron chi connectivity index (χ2n) is 6.99. The summed E-state index contributed by atoms with van der Waals surface area (Å²) in [6.45, 7) is 10.4. The van der Waals surface area contributed by atoms with Crippen molar-refractivity contribution >= 4 is 5.91 Å². The Morgan fingerprint density at radius 3 is 2.87 bits per heavy atom. The number of nitrogens with one attached hydrogen (secondary N) is 1. The van der Waals surface area contributed by atoms with E-state index >= 15 is 0 Å². The van der Waals surface area contributed by atoms with Gasteiger partial charge in [0.05, 0.1) is 6.54 Å². The highest BCUT2D eigenvalue weighted by molar-refractivity contribution is 5.78. The van der Waals surface area contributed by atoms with Crippen LogP contribution in [0.5, 0.6) is 0 Å². The van der Waals surface area contributed by atoms with Crippen LogP contribution in [-0.2, 0) is 4.79 Å². The van der Waals surface area contributed by atoms with E-state index in [1.165, 1.54) is 12.2 Å². The fourth-order valence-corrected chi connectivity index (χ4v) is 3.69. The van der Waals surface area contributed by atoms with Crippen molar-refractivity contribution in [2.24, 2.45) is 0 Å². The molecule has 0 unspecified atom stereocenters. The number of carbonyl (C=O) groups excluding carboxylic acids is 1. The quantitative estimate of drug-likeness (QED) is 0.902. The van der Waals surface area contributed by atoms with E-state index in [0.29, 0.717) is 18.5 Å². The van der Waals surface area contributed by atoms with E-state index < -0.39 is 0 Å². The lowest BCUT2D eigenvalue weighted by molar-refractivity contribution is -0.133. The number of piperidine rings is 1. The third-order valence-electron chi connectivity index (χ3n) is 4.95. The van der Waals surface area contributed by atoms with Crippen LogP contribution >= 0.6 is 0 Å². The number of amides is 1. The third kappa shape index (κ3) is 3.93. The van der Waals surface area contributed by atoms with Crippen LogP contribution in [0.2, 0.25) is 0 Å². The molecule has 2 aliphatic heterocycles. The molecule has 6 nitrogen and oxygen atoms in total. The molecule has 2 saturated heterocycles. The first-order valence-electron chi connectivity index (χ1n) is 8.88. The fourth-order valence-electron chi connectivity index (χ4n) is 3.69. The average molecular weight is 319 g/mol. The maximum Gasteiger partial charge on any atom is 0.236 e. The van der Waals surface area contributed by atoms with Gasteiger partial charge in [-0.15, -0.1) is 0 Å². The fraction of sp³-hybridized carbons (Fsp3) is 0.765. The highest BCUT2D eigenvalue weighted by Gasteiger charge is 2.27. The van der Waals surface area contributed by atoms with Crippen LogP contribution in [0.1, 0.15) is 44.5 Å². The average Bonchev–Trinajstić information content (AvgIpc) is 3.06. The van der Waals surface area contributed by atoms with Gasteiger partial charge in [0.25, 0.3) is 0 Å². The summed E-state index contributed by atoms with van der Waals surface area (Å²) in [6, 6.07) is 0.436. The van der Waals surface area contributed by atoms with Crippen molar-refractivity contribution in [1.82, 2.24) is 24.7 Å². The van der Waals surface area contributed by atoms with Gasteiger partial charge in [0.15, 0.2) is 0 Å². The number of likely N-dealkylation sites (tertiary alicyclic amines) is 1. The predicted octanol–water partition coefficient (Wildman–Crippen LogP) is 1.08. The molecule has 2 aliphatic rings. The van der Waals surface area contributed by atoms with Crippen molar-refractivity contribution in [2.45, 2.75) is 38.6 Å². The van der Waals surface area contributed by atoms with Gasteiger partial charge in [0.1, 0.15) is 5.82 Å². The van der Waals surface area contributed by atoms with E-state index in [9.17, 15) is 4.79 Å². The number of hydrogen-bond donors (Lipinski definition) is 1. The van der Waals surface area contributed by atoms with Crippen LogP contribution < -0.4 is 5.32 Å². The first-order valence-corrected chi connectivity index (χ1v) is 8.88.